The highest BCUT2D eigenvalue weighted by molar-refractivity contribution is 5.63. The molecule has 3 rings (SSSR count). The third kappa shape index (κ3) is 2.41. The second kappa shape index (κ2) is 4.79. The summed E-state index contributed by atoms with van der Waals surface area (Å²) in [4.78, 5) is 15.6. The molecule has 0 aliphatic carbocycles. The fourth-order valence-corrected chi connectivity index (χ4v) is 2.55. The number of fused-ring (bicyclic) bond motifs is 1. The van der Waals surface area contributed by atoms with Crippen LogP contribution in [-0.2, 0) is 14.2 Å². The SMILES string of the molecule is C[C@]12OCC[C@H]1[C@@H](OC(=O)Oc1ccccn1)CO2. The van der Waals surface area contributed by atoms with Gasteiger partial charge in [0.1, 0.15) is 6.10 Å². The van der Waals surface area contributed by atoms with Gasteiger partial charge in [-0.05, 0) is 19.4 Å². The Bertz CT molecular complexity index is 465. The third-order valence-electron chi connectivity index (χ3n) is 3.55. The second-order valence-electron chi connectivity index (χ2n) is 4.75. The van der Waals surface area contributed by atoms with Gasteiger partial charge in [0, 0.05) is 12.3 Å². The topological polar surface area (TPSA) is 66.9 Å². The van der Waals surface area contributed by atoms with Gasteiger partial charge in [0.05, 0.1) is 19.1 Å². The summed E-state index contributed by atoms with van der Waals surface area (Å²) in [6.45, 7) is 2.83. The van der Waals surface area contributed by atoms with Crippen molar-refractivity contribution in [2.45, 2.75) is 25.2 Å². The van der Waals surface area contributed by atoms with Crippen LogP contribution in [0.4, 0.5) is 4.79 Å². The van der Waals surface area contributed by atoms with Crippen molar-refractivity contribution in [3.8, 4) is 5.88 Å². The van der Waals surface area contributed by atoms with Crippen molar-refractivity contribution in [3.63, 3.8) is 0 Å². The molecule has 3 atom stereocenters. The Labute approximate surface area is 110 Å². The maximum Gasteiger partial charge on any atom is 0.515 e. The van der Waals surface area contributed by atoms with Crippen molar-refractivity contribution in [2.24, 2.45) is 5.92 Å². The first-order valence-corrected chi connectivity index (χ1v) is 6.25. The largest absolute Gasteiger partial charge is 0.515 e. The van der Waals surface area contributed by atoms with Gasteiger partial charge < -0.3 is 18.9 Å². The van der Waals surface area contributed by atoms with E-state index in [-0.39, 0.29) is 17.9 Å². The predicted octanol–water partition coefficient (Wildman–Crippen LogP) is 1.75. The zero-order chi connectivity index (χ0) is 13.3. The molecule has 102 valence electrons. The number of hydrogen-bond donors (Lipinski definition) is 0. The number of ether oxygens (including phenoxy) is 4. The average Bonchev–Trinajstić information content (AvgIpc) is 2.90. The minimum Gasteiger partial charge on any atom is -0.428 e. The average molecular weight is 265 g/mol. The Kier molecular flexibility index (Phi) is 3.12. The van der Waals surface area contributed by atoms with Crippen molar-refractivity contribution in [2.75, 3.05) is 13.2 Å². The van der Waals surface area contributed by atoms with Gasteiger partial charge in [0.2, 0.25) is 5.88 Å². The lowest BCUT2D eigenvalue weighted by Gasteiger charge is -2.22. The highest BCUT2D eigenvalue weighted by Crippen LogP contribution is 2.41. The fraction of sp³-hybridized carbons (Fsp3) is 0.538. The van der Waals surface area contributed by atoms with Gasteiger partial charge in [-0.2, -0.15) is 0 Å². The van der Waals surface area contributed by atoms with Crippen LogP contribution in [0, 0.1) is 5.92 Å². The first kappa shape index (κ1) is 12.4. The predicted molar refractivity (Wildman–Crippen MR) is 63.6 cm³/mol. The number of nitrogens with zero attached hydrogens (tertiary/aromatic N) is 1. The molecule has 0 aromatic carbocycles. The maximum absolute atomic E-state index is 11.7. The zero-order valence-corrected chi connectivity index (χ0v) is 10.6. The molecule has 1 aromatic heterocycles. The lowest BCUT2D eigenvalue weighted by Crippen LogP contribution is -2.33. The Morgan fingerprint density at radius 3 is 3.16 bits per heavy atom. The normalized spacial score (nSPS) is 32.9. The van der Waals surface area contributed by atoms with E-state index in [1.165, 1.54) is 0 Å². The van der Waals surface area contributed by atoms with Crippen LogP contribution in [-0.4, -0.2) is 36.2 Å². The summed E-state index contributed by atoms with van der Waals surface area (Å²) in [5.74, 6) is -0.351. The minimum atomic E-state index is -0.761. The van der Waals surface area contributed by atoms with Crippen LogP contribution in [0.2, 0.25) is 0 Å². The summed E-state index contributed by atoms with van der Waals surface area (Å²) in [6, 6.07) is 5.07. The van der Waals surface area contributed by atoms with Gasteiger partial charge in [0.25, 0.3) is 0 Å². The molecule has 3 heterocycles. The van der Waals surface area contributed by atoms with E-state index in [1.54, 1.807) is 24.4 Å². The van der Waals surface area contributed by atoms with E-state index in [0.717, 1.165) is 6.42 Å². The molecule has 0 bridgehead atoms. The lowest BCUT2D eigenvalue weighted by molar-refractivity contribution is -0.181. The lowest BCUT2D eigenvalue weighted by atomic mass is 9.96. The molecule has 2 aliphatic heterocycles. The minimum absolute atomic E-state index is 0.0591. The van der Waals surface area contributed by atoms with E-state index >= 15 is 0 Å². The summed E-state index contributed by atoms with van der Waals surface area (Å²) < 4.78 is 21.4. The fourth-order valence-electron chi connectivity index (χ4n) is 2.55. The standard InChI is InChI=1S/C13H15NO5/c1-13-9(5-7-16-13)10(8-17-13)18-12(15)19-11-4-2-3-6-14-11/h2-4,6,9-10H,5,7-8H2,1H3/t9-,10-,13+/m0/s1. The van der Waals surface area contributed by atoms with Gasteiger partial charge in [-0.1, -0.05) is 6.07 Å². The Morgan fingerprint density at radius 2 is 2.37 bits per heavy atom. The van der Waals surface area contributed by atoms with E-state index in [9.17, 15) is 4.79 Å². The van der Waals surface area contributed by atoms with Crippen LogP contribution in [0.3, 0.4) is 0 Å². The molecule has 0 radical (unpaired) electrons. The molecular formula is C13H15NO5. The van der Waals surface area contributed by atoms with Gasteiger partial charge >= 0.3 is 6.16 Å². The van der Waals surface area contributed by atoms with E-state index in [0.29, 0.717) is 13.2 Å². The van der Waals surface area contributed by atoms with Crippen molar-refractivity contribution in [3.05, 3.63) is 24.4 Å². The highest BCUT2D eigenvalue weighted by atomic mass is 16.8. The molecule has 0 unspecified atom stereocenters. The van der Waals surface area contributed by atoms with Crippen LogP contribution in [0.1, 0.15) is 13.3 Å². The molecule has 2 saturated heterocycles. The van der Waals surface area contributed by atoms with Crippen LogP contribution in [0.25, 0.3) is 0 Å². The first-order valence-electron chi connectivity index (χ1n) is 6.25. The number of aromatic nitrogens is 1. The summed E-state index contributed by atoms with van der Waals surface area (Å²) >= 11 is 0. The molecule has 1 aromatic rings. The van der Waals surface area contributed by atoms with Crippen LogP contribution in [0.15, 0.2) is 24.4 Å². The van der Waals surface area contributed by atoms with E-state index in [1.807, 2.05) is 6.92 Å². The summed E-state index contributed by atoms with van der Waals surface area (Å²) in [7, 11) is 0. The number of carbonyl (C=O) groups excluding carboxylic acids is 1. The Hall–Kier alpha value is -1.66. The molecule has 0 saturated carbocycles. The van der Waals surface area contributed by atoms with Crippen molar-refractivity contribution >= 4 is 6.16 Å². The molecule has 0 spiro atoms. The smallest absolute Gasteiger partial charge is 0.428 e. The van der Waals surface area contributed by atoms with Gasteiger partial charge in [0.15, 0.2) is 5.79 Å². The molecule has 0 amide bonds. The number of hydrogen-bond acceptors (Lipinski definition) is 6. The van der Waals surface area contributed by atoms with Crippen molar-refractivity contribution < 1.29 is 23.7 Å². The van der Waals surface area contributed by atoms with Crippen molar-refractivity contribution in [1.82, 2.24) is 4.98 Å². The summed E-state index contributed by atoms with van der Waals surface area (Å²) in [5.41, 5.74) is 0. The molecule has 2 aliphatic rings. The maximum atomic E-state index is 11.7. The third-order valence-corrected chi connectivity index (χ3v) is 3.55. The molecule has 0 N–H and O–H groups in total. The molecular weight excluding hydrogens is 250 g/mol. The van der Waals surface area contributed by atoms with Crippen LogP contribution < -0.4 is 4.74 Å². The Morgan fingerprint density at radius 1 is 1.47 bits per heavy atom. The quantitative estimate of drug-likeness (QED) is 0.759. The van der Waals surface area contributed by atoms with Gasteiger partial charge in [-0.25, -0.2) is 9.78 Å². The first-order chi connectivity index (χ1) is 9.17. The van der Waals surface area contributed by atoms with Gasteiger partial charge in [-0.3, -0.25) is 0 Å². The molecule has 2 fully saturated rings. The van der Waals surface area contributed by atoms with Crippen molar-refractivity contribution in [1.29, 1.82) is 0 Å². The molecule has 6 heteroatoms. The Balaban J connectivity index is 1.59. The highest BCUT2D eigenvalue weighted by Gasteiger charge is 2.53. The van der Waals surface area contributed by atoms with Crippen LogP contribution >= 0.6 is 0 Å². The monoisotopic (exact) mass is 265 g/mol. The zero-order valence-electron chi connectivity index (χ0n) is 10.6. The number of pyridine rings is 1. The number of rotatable bonds is 2. The second-order valence-corrected chi connectivity index (χ2v) is 4.75. The number of carbonyl (C=O) groups is 1. The van der Waals surface area contributed by atoms with E-state index in [4.69, 9.17) is 18.9 Å². The van der Waals surface area contributed by atoms with Gasteiger partial charge in [-0.15, -0.1) is 0 Å². The van der Waals surface area contributed by atoms with E-state index in [2.05, 4.69) is 4.98 Å². The molecule has 19 heavy (non-hydrogen) atoms. The van der Waals surface area contributed by atoms with E-state index < -0.39 is 11.9 Å². The summed E-state index contributed by atoms with van der Waals surface area (Å²) in [5, 5.41) is 0. The summed E-state index contributed by atoms with van der Waals surface area (Å²) in [6.07, 6.45) is 1.27. The van der Waals surface area contributed by atoms with Crippen LogP contribution in [0.5, 0.6) is 5.88 Å². The molecule has 6 nitrogen and oxygen atoms in total.